The maximum atomic E-state index is 11.8. The number of pyridine rings is 1. The Morgan fingerprint density at radius 3 is 2.61 bits per heavy atom. The predicted octanol–water partition coefficient (Wildman–Crippen LogP) is 1.06. The molecule has 0 aliphatic rings. The Hall–Kier alpha value is -2.25. The van der Waals surface area contributed by atoms with E-state index in [9.17, 15) is 4.79 Å². The lowest BCUT2D eigenvalue weighted by Gasteiger charge is -2.05. The smallest absolute Gasteiger partial charge is 0.259 e. The van der Waals surface area contributed by atoms with Gasteiger partial charge in [-0.05, 0) is 12.1 Å². The van der Waals surface area contributed by atoms with Crippen LogP contribution in [0.25, 0.3) is 0 Å². The molecule has 1 amide bonds. The molecule has 4 N–H and O–H groups in total. The molecule has 8 heteroatoms. The second kappa shape index (κ2) is 5.39. The fourth-order valence-corrected chi connectivity index (χ4v) is 1.43. The molecule has 92 valence electrons. The Kier molecular flexibility index (Phi) is 3.66. The van der Waals surface area contributed by atoms with Crippen molar-refractivity contribution < 1.29 is 4.79 Å². The average Bonchev–Trinajstić information content (AvgIpc) is 2.39. The first-order chi connectivity index (χ1) is 8.70. The number of carbonyl (C=O) groups is 1. The fraction of sp³-hybridized carbons (Fsp3) is 0. The average molecular weight is 265 g/mol. The molecule has 0 spiro atoms. The highest BCUT2D eigenvalue weighted by molar-refractivity contribution is 6.33. The Balaban J connectivity index is 2.17. The first-order valence-electron chi connectivity index (χ1n) is 4.91. The second-order valence-corrected chi connectivity index (χ2v) is 3.63. The van der Waals surface area contributed by atoms with Gasteiger partial charge in [-0.2, -0.15) is 0 Å². The molecule has 0 bridgehead atoms. The highest BCUT2D eigenvalue weighted by atomic mass is 35.5. The summed E-state index contributed by atoms with van der Waals surface area (Å²) in [6.45, 7) is 0. The zero-order valence-electron chi connectivity index (χ0n) is 9.09. The van der Waals surface area contributed by atoms with Crippen molar-refractivity contribution in [1.29, 1.82) is 0 Å². The van der Waals surface area contributed by atoms with E-state index in [0.29, 0.717) is 5.82 Å². The van der Waals surface area contributed by atoms with Gasteiger partial charge in [0, 0.05) is 18.6 Å². The largest absolute Gasteiger partial charge is 0.307 e. The summed E-state index contributed by atoms with van der Waals surface area (Å²) < 4.78 is 0. The molecule has 2 heterocycles. The van der Waals surface area contributed by atoms with Crippen LogP contribution in [0.3, 0.4) is 0 Å². The van der Waals surface area contributed by atoms with Gasteiger partial charge >= 0.3 is 0 Å². The van der Waals surface area contributed by atoms with Crippen molar-refractivity contribution in [1.82, 2.24) is 15.0 Å². The third kappa shape index (κ3) is 2.70. The van der Waals surface area contributed by atoms with Crippen LogP contribution in [0.1, 0.15) is 10.4 Å². The van der Waals surface area contributed by atoms with Crippen LogP contribution < -0.4 is 16.6 Å². The van der Waals surface area contributed by atoms with E-state index in [1.54, 1.807) is 6.07 Å². The molecule has 2 rings (SSSR count). The van der Waals surface area contributed by atoms with Crippen LogP contribution in [-0.2, 0) is 0 Å². The van der Waals surface area contributed by atoms with Crippen LogP contribution in [0.5, 0.6) is 0 Å². The Bertz CT molecular complexity index is 562. The summed E-state index contributed by atoms with van der Waals surface area (Å²) in [6.07, 6.45) is 4.39. The number of nitrogen functional groups attached to an aromatic ring is 1. The monoisotopic (exact) mass is 264 g/mol. The van der Waals surface area contributed by atoms with Gasteiger partial charge in [0.1, 0.15) is 0 Å². The van der Waals surface area contributed by atoms with Crippen molar-refractivity contribution in [3.63, 3.8) is 0 Å². The van der Waals surface area contributed by atoms with Crippen molar-refractivity contribution >= 4 is 29.3 Å². The highest BCUT2D eigenvalue weighted by Crippen LogP contribution is 2.19. The Labute approximate surface area is 107 Å². The highest BCUT2D eigenvalue weighted by Gasteiger charge is 2.10. The minimum absolute atomic E-state index is 0.208. The standard InChI is InChI=1S/C10H9ClN6O/c11-7-4-6(5-15-8(7)17-12)9(18)16-10-13-2-1-3-14-10/h1-5H,12H2,(H,15,17)(H,13,14,16,18). The summed E-state index contributed by atoms with van der Waals surface area (Å²) in [4.78, 5) is 23.5. The number of carbonyl (C=O) groups excluding carboxylic acids is 1. The second-order valence-electron chi connectivity index (χ2n) is 3.23. The lowest BCUT2D eigenvalue weighted by Crippen LogP contribution is -2.15. The van der Waals surface area contributed by atoms with E-state index < -0.39 is 5.91 Å². The topological polar surface area (TPSA) is 106 Å². The molecule has 2 aromatic heterocycles. The number of amides is 1. The number of aromatic nitrogens is 3. The van der Waals surface area contributed by atoms with Crippen LogP contribution in [0.2, 0.25) is 5.02 Å². The number of hydrogen-bond acceptors (Lipinski definition) is 6. The number of nitrogens with two attached hydrogens (primary N) is 1. The number of anilines is 2. The Morgan fingerprint density at radius 1 is 1.28 bits per heavy atom. The minimum atomic E-state index is -0.404. The summed E-state index contributed by atoms with van der Waals surface area (Å²) >= 11 is 5.86. The van der Waals surface area contributed by atoms with Gasteiger partial charge in [0.25, 0.3) is 5.91 Å². The predicted molar refractivity (Wildman–Crippen MR) is 67.0 cm³/mol. The number of nitrogens with zero attached hydrogens (tertiary/aromatic N) is 3. The minimum Gasteiger partial charge on any atom is -0.307 e. The number of hydrazine groups is 1. The van der Waals surface area contributed by atoms with Gasteiger partial charge in [0.15, 0.2) is 5.82 Å². The molecule has 0 unspecified atom stereocenters. The third-order valence-electron chi connectivity index (χ3n) is 2.03. The summed E-state index contributed by atoms with van der Waals surface area (Å²) in [6, 6.07) is 3.10. The Morgan fingerprint density at radius 2 is 2.00 bits per heavy atom. The number of hydrogen-bond donors (Lipinski definition) is 3. The van der Waals surface area contributed by atoms with E-state index in [1.165, 1.54) is 24.7 Å². The van der Waals surface area contributed by atoms with Crippen LogP contribution in [-0.4, -0.2) is 20.9 Å². The molecule has 0 aliphatic carbocycles. The van der Waals surface area contributed by atoms with Crippen molar-refractivity contribution in [2.24, 2.45) is 5.84 Å². The molecule has 18 heavy (non-hydrogen) atoms. The maximum absolute atomic E-state index is 11.8. The van der Waals surface area contributed by atoms with E-state index >= 15 is 0 Å². The third-order valence-corrected chi connectivity index (χ3v) is 2.32. The van der Waals surface area contributed by atoms with Crippen molar-refractivity contribution in [2.45, 2.75) is 0 Å². The summed E-state index contributed by atoms with van der Waals surface area (Å²) in [7, 11) is 0. The van der Waals surface area contributed by atoms with Crippen molar-refractivity contribution in [3.8, 4) is 0 Å². The van der Waals surface area contributed by atoms with E-state index in [-0.39, 0.29) is 16.5 Å². The summed E-state index contributed by atoms with van der Waals surface area (Å²) in [5.74, 6) is 5.28. The normalized spacial score (nSPS) is 9.89. The summed E-state index contributed by atoms with van der Waals surface area (Å²) in [5.41, 5.74) is 2.60. The van der Waals surface area contributed by atoms with E-state index in [1.807, 2.05) is 0 Å². The SMILES string of the molecule is NNc1ncc(C(=O)Nc2ncccn2)cc1Cl. The molecule has 0 aliphatic heterocycles. The van der Waals surface area contributed by atoms with Gasteiger partial charge in [-0.1, -0.05) is 11.6 Å². The van der Waals surface area contributed by atoms with Gasteiger partial charge in [0.2, 0.25) is 5.95 Å². The zero-order chi connectivity index (χ0) is 13.0. The van der Waals surface area contributed by atoms with Gasteiger partial charge in [-0.15, -0.1) is 0 Å². The fourth-order valence-electron chi connectivity index (χ4n) is 1.21. The first-order valence-corrected chi connectivity index (χ1v) is 5.29. The molecule has 0 saturated heterocycles. The summed E-state index contributed by atoms with van der Waals surface area (Å²) in [5, 5.41) is 2.76. The quantitative estimate of drug-likeness (QED) is 0.565. The lowest BCUT2D eigenvalue weighted by molar-refractivity contribution is 0.102. The van der Waals surface area contributed by atoms with E-state index in [0.717, 1.165) is 0 Å². The number of nitrogens with one attached hydrogen (secondary N) is 2. The lowest BCUT2D eigenvalue weighted by atomic mass is 10.2. The molecule has 0 aromatic carbocycles. The number of rotatable bonds is 3. The maximum Gasteiger partial charge on any atom is 0.259 e. The molecule has 2 aromatic rings. The first kappa shape index (κ1) is 12.2. The molecule has 0 radical (unpaired) electrons. The van der Waals surface area contributed by atoms with Crippen LogP contribution in [0, 0.1) is 0 Å². The molecule has 7 nitrogen and oxygen atoms in total. The van der Waals surface area contributed by atoms with Crippen LogP contribution in [0.4, 0.5) is 11.8 Å². The molecular formula is C10H9ClN6O. The van der Waals surface area contributed by atoms with Crippen LogP contribution >= 0.6 is 11.6 Å². The van der Waals surface area contributed by atoms with E-state index in [4.69, 9.17) is 17.4 Å². The van der Waals surface area contributed by atoms with Crippen molar-refractivity contribution in [3.05, 3.63) is 41.3 Å². The molecular weight excluding hydrogens is 256 g/mol. The van der Waals surface area contributed by atoms with Gasteiger partial charge in [0.05, 0.1) is 10.6 Å². The molecule has 0 atom stereocenters. The number of halogens is 1. The van der Waals surface area contributed by atoms with Gasteiger partial charge in [-0.3, -0.25) is 10.1 Å². The van der Waals surface area contributed by atoms with Crippen molar-refractivity contribution in [2.75, 3.05) is 10.7 Å². The molecule has 0 saturated carbocycles. The van der Waals surface area contributed by atoms with Crippen LogP contribution in [0.15, 0.2) is 30.7 Å². The van der Waals surface area contributed by atoms with E-state index in [2.05, 4.69) is 25.7 Å². The molecule has 0 fully saturated rings. The van der Waals surface area contributed by atoms with Gasteiger partial charge < -0.3 is 5.43 Å². The zero-order valence-corrected chi connectivity index (χ0v) is 9.85. The van der Waals surface area contributed by atoms with Gasteiger partial charge in [-0.25, -0.2) is 20.8 Å².